The molecule has 0 spiro atoms. The summed E-state index contributed by atoms with van der Waals surface area (Å²) in [5, 5.41) is 9.68. The van der Waals surface area contributed by atoms with Crippen LogP contribution in [0.25, 0.3) is 22.2 Å². The fraction of sp³-hybridized carbons (Fsp3) is 0.283. The number of nitrogens with zero attached hydrogens (tertiary/aromatic N) is 3. The molecular weight excluding hydrogens is 705 g/mol. The van der Waals surface area contributed by atoms with E-state index in [-0.39, 0.29) is 54.8 Å². The number of piperidine rings is 1. The lowest BCUT2D eigenvalue weighted by molar-refractivity contribution is -0.276. The number of aromatic amines is 1. The number of carbonyl (C=O) groups is 2. The Labute approximate surface area is 324 Å². The topological polar surface area (TPSA) is 117 Å². The first-order valence-electron chi connectivity index (χ1n) is 19.4. The van der Waals surface area contributed by atoms with Gasteiger partial charge in [-0.1, -0.05) is 97.9 Å². The minimum atomic E-state index is -0.602. The second kappa shape index (κ2) is 15.1. The highest BCUT2D eigenvalue weighted by molar-refractivity contribution is 6.21. The summed E-state index contributed by atoms with van der Waals surface area (Å²) in [7, 11) is 0. The molecule has 284 valence electrons. The lowest BCUT2D eigenvalue weighted by Gasteiger charge is -2.44. The first-order chi connectivity index (χ1) is 27.3. The molecule has 0 bridgehead atoms. The molecule has 3 aliphatic rings. The minimum absolute atomic E-state index is 0.0195. The highest BCUT2D eigenvalue weighted by atomic mass is 16.7. The molecule has 0 aliphatic carbocycles. The van der Waals surface area contributed by atoms with Crippen LogP contribution >= 0.6 is 0 Å². The number of rotatable bonds is 9. The fourth-order valence-corrected chi connectivity index (χ4v) is 8.63. The van der Waals surface area contributed by atoms with E-state index in [9.17, 15) is 19.5 Å². The molecule has 1 aromatic heterocycles. The molecule has 5 aromatic carbocycles. The summed E-state index contributed by atoms with van der Waals surface area (Å²) >= 11 is 0. The first-order valence-corrected chi connectivity index (χ1v) is 19.4. The number of amides is 2. The predicted octanol–water partition coefficient (Wildman–Crippen LogP) is 7.41. The maximum atomic E-state index is 13.0. The van der Waals surface area contributed by atoms with Gasteiger partial charge in [0, 0.05) is 37.2 Å². The van der Waals surface area contributed by atoms with Crippen LogP contribution in [0.4, 0.5) is 0 Å². The molecule has 10 nitrogen and oxygen atoms in total. The molecule has 4 unspecified atom stereocenters. The van der Waals surface area contributed by atoms with Gasteiger partial charge < -0.3 is 24.5 Å². The quantitative estimate of drug-likeness (QED) is 0.148. The Morgan fingerprint density at radius 2 is 1.39 bits per heavy atom. The highest BCUT2D eigenvalue weighted by Crippen LogP contribution is 2.42. The number of imidazole rings is 1. The number of ether oxygens (including phenoxy) is 2. The van der Waals surface area contributed by atoms with E-state index < -0.39 is 6.29 Å². The summed E-state index contributed by atoms with van der Waals surface area (Å²) in [6, 6.07) is 39.0. The monoisotopic (exact) mass is 748 g/mol. The number of carbonyl (C=O) groups excluding carboxylic acids is 2. The third-order valence-corrected chi connectivity index (χ3v) is 11.8. The Morgan fingerprint density at radius 3 is 2.11 bits per heavy atom. The highest BCUT2D eigenvalue weighted by Gasteiger charge is 2.40. The zero-order valence-electron chi connectivity index (χ0n) is 31.2. The van der Waals surface area contributed by atoms with E-state index in [1.165, 1.54) is 4.90 Å². The lowest BCUT2D eigenvalue weighted by atomic mass is 9.89. The summed E-state index contributed by atoms with van der Waals surface area (Å²) in [5.41, 5.74) is 8.29. The molecule has 2 N–H and O–H groups in total. The van der Waals surface area contributed by atoms with Crippen LogP contribution in [0, 0.1) is 5.92 Å². The van der Waals surface area contributed by atoms with Crippen molar-refractivity contribution >= 4 is 22.8 Å². The minimum Gasteiger partial charge on any atom is -0.392 e. The molecule has 3 aliphatic heterocycles. The van der Waals surface area contributed by atoms with Crippen molar-refractivity contribution < 1.29 is 24.2 Å². The van der Waals surface area contributed by atoms with E-state index in [0.29, 0.717) is 11.1 Å². The first kappa shape index (κ1) is 36.0. The maximum absolute atomic E-state index is 13.0. The van der Waals surface area contributed by atoms with Gasteiger partial charge in [-0.2, -0.15) is 0 Å². The number of H-pyrrole nitrogens is 1. The van der Waals surface area contributed by atoms with Crippen LogP contribution in [0.5, 0.6) is 0 Å². The van der Waals surface area contributed by atoms with Crippen LogP contribution in [0.3, 0.4) is 0 Å². The number of aliphatic hydroxyl groups excluding tert-OH is 1. The zero-order chi connectivity index (χ0) is 38.3. The van der Waals surface area contributed by atoms with Crippen molar-refractivity contribution in [2.45, 2.75) is 57.5 Å². The number of likely N-dealkylation sites (tertiary alicyclic amines) is 1. The van der Waals surface area contributed by atoms with Crippen molar-refractivity contribution in [2.75, 3.05) is 19.6 Å². The molecule has 0 saturated carbocycles. The van der Waals surface area contributed by atoms with Gasteiger partial charge in [0.05, 0.1) is 47.5 Å². The second-order valence-electron chi connectivity index (χ2n) is 15.2. The molecule has 2 amide bonds. The standard InChI is InChI=1S/C46H44N4O6/c1-29-41(27-48-23-21-36(22-24-48)50-40-12-5-4-11-39(40)47-46(50)54)55-45(56-42(29)33-15-13-30(28-51)14-16-33)34-19-17-32(18-20-34)35-8-6-7-31(25-35)26-49-43(52)37-9-2-3-10-38(37)44(49)53/h2-20,25,29,36,41-42,45,51H,21-24,26-28H2,1H3,(H,47,54). The Bertz CT molecular complexity index is 2410. The third kappa shape index (κ3) is 6.79. The molecule has 4 heterocycles. The van der Waals surface area contributed by atoms with E-state index in [2.05, 4.69) is 28.9 Å². The average Bonchev–Trinajstić information content (AvgIpc) is 3.70. The van der Waals surface area contributed by atoms with Crippen molar-refractivity contribution in [2.24, 2.45) is 5.92 Å². The Balaban J connectivity index is 0.916. The normalized spacial score (nSPS) is 21.9. The Kier molecular flexibility index (Phi) is 9.72. The maximum Gasteiger partial charge on any atom is 0.326 e. The van der Waals surface area contributed by atoms with E-state index in [1.807, 2.05) is 89.5 Å². The number of aliphatic hydroxyl groups is 1. The molecular formula is C46H44N4O6. The molecule has 0 radical (unpaired) electrons. The smallest absolute Gasteiger partial charge is 0.326 e. The molecule has 9 rings (SSSR count). The summed E-state index contributed by atoms with van der Waals surface area (Å²) in [6.07, 6.45) is 0.788. The van der Waals surface area contributed by atoms with E-state index in [4.69, 9.17) is 9.47 Å². The SMILES string of the molecule is CC1C(CN2CCC(n3c(=O)[nH]c4ccccc43)CC2)OC(c2ccc(-c3cccc(CN4C(=O)c5ccccc5C4=O)c3)cc2)OC1c1ccc(CO)cc1. The molecule has 6 aromatic rings. The van der Waals surface area contributed by atoms with Gasteiger partial charge in [-0.25, -0.2) is 4.79 Å². The number of nitrogens with one attached hydrogen (secondary N) is 1. The van der Waals surface area contributed by atoms with Crippen molar-refractivity contribution in [1.82, 2.24) is 19.4 Å². The summed E-state index contributed by atoms with van der Waals surface area (Å²) < 4.78 is 15.5. The van der Waals surface area contributed by atoms with Crippen molar-refractivity contribution in [3.63, 3.8) is 0 Å². The number of hydrogen-bond donors (Lipinski definition) is 2. The van der Waals surface area contributed by atoms with Crippen LogP contribution in [-0.2, 0) is 22.6 Å². The van der Waals surface area contributed by atoms with Crippen LogP contribution in [0.1, 0.15) is 81.2 Å². The Morgan fingerprint density at radius 1 is 0.714 bits per heavy atom. The van der Waals surface area contributed by atoms with Gasteiger partial charge in [0.15, 0.2) is 6.29 Å². The number of hydrogen-bond acceptors (Lipinski definition) is 7. The van der Waals surface area contributed by atoms with Gasteiger partial charge >= 0.3 is 5.69 Å². The fourth-order valence-electron chi connectivity index (χ4n) is 8.63. The van der Waals surface area contributed by atoms with Crippen LogP contribution in [0.2, 0.25) is 0 Å². The zero-order valence-corrected chi connectivity index (χ0v) is 31.2. The van der Waals surface area contributed by atoms with Gasteiger partial charge in [-0.05, 0) is 71.0 Å². The van der Waals surface area contributed by atoms with Gasteiger partial charge in [-0.3, -0.25) is 19.1 Å². The van der Waals surface area contributed by atoms with Crippen LogP contribution < -0.4 is 5.69 Å². The summed E-state index contributed by atoms with van der Waals surface area (Å²) in [5.74, 6) is -0.492. The van der Waals surface area contributed by atoms with Gasteiger partial charge in [-0.15, -0.1) is 0 Å². The van der Waals surface area contributed by atoms with E-state index in [0.717, 1.165) is 76.9 Å². The number of fused-ring (bicyclic) bond motifs is 2. The molecule has 4 atom stereocenters. The average molecular weight is 749 g/mol. The lowest BCUT2D eigenvalue weighted by Crippen LogP contribution is -2.47. The van der Waals surface area contributed by atoms with Gasteiger partial charge in [0.25, 0.3) is 11.8 Å². The molecule has 56 heavy (non-hydrogen) atoms. The number of aromatic nitrogens is 2. The predicted molar refractivity (Wildman–Crippen MR) is 213 cm³/mol. The summed E-state index contributed by atoms with van der Waals surface area (Å²) in [6.45, 7) is 4.80. The van der Waals surface area contributed by atoms with E-state index in [1.54, 1.807) is 24.3 Å². The van der Waals surface area contributed by atoms with Crippen molar-refractivity contribution in [3.8, 4) is 11.1 Å². The third-order valence-electron chi connectivity index (χ3n) is 11.8. The number of benzene rings is 5. The number of imide groups is 1. The van der Waals surface area contributed by atoms with E-state index >= 15 is 0 Å². The molecule has 10 heteroatoms. The van der Waals surface area contributed by atoms with Crippen molar-refractivity contribution in [1.29, 1.82) is 0 Å². The van der Waals surface area contributed by atoms with Crippen LogP contribution in [0.15, 0.2) is 126 Å². The largest absolute Gasteiger partial charge is 0.392 e. The van der Waals surface area contributed by atoms with Gasteiger partial charge in [0.1, 0.15) is 0 Å². The Hall–Kier alpha value is -5.65. The van der Waals surface area contributed by atoms with Gasteiger partial charge in [0.2, 0.25) is 0 Å². The number of para-hydroxylation sites is 2. The molecule has 2 fully saturated rings. The second-order valence-corrected chi connectivity index (χ2v) is 15.2. The molecule has 2 saturated heterocycles. The van der Waals surface area contributed by atoms with Crippen LogP contribution in [-0.4, -0.2) is 62.0 Å². The van der Waals surface area contributed by atoms with Crippen molar-refractivity contribution in [3.05, 3.63) is 165 Å². The summed E-state index contributed by atoms with van der Waals surface area (Å²) in [4.78, 5) is 45.7.